The molecule has 1 fully saturated rings. The van der Waals surface area contributed by atoms with Crippen LogP contribution in [0.4, 0.5) is 4.79 Å². The van der Waals surface area contributed by atoms with Gasteiger partial charge in [0.25, 0.3) is 5.91 Å². The summed E-state index contributed by atoms with van der Waals surface area (Å²) in [7, 11) is 1.57. The maximum absolute atomic E-state index is 13.1. The van der Waals surface area contributed by atoms with Crippen LogP contribution in [-0.4, -0.2) is 37.1 Å². The number of imide groups is 1. The Labute approximate surface area is 173 Å². The minimum absolute atomic E-state index is 0.0735. The van der Waals surface area contributed by atoms with Crippen molar-refractivity contribution < 1.29 is 19.1 Å². The zero-order chi connectivity index (χ0) is 20.3. The van der Waals surface area contributed by atoms with Gasteiger partial charge in [-0.05, 0) is 36.2 Å². The summed E-state index contributed by atoms with van der Waals surface area (Å²) in [5.41, 5.74) is -0.405. The smallest absolute Gasteiger partial charge is 0.325 e. The Balaban J connectivity index is 1.74. The van der Waals surface area contributed by atoms with Crippen molar-refractivity contribution in [2.24, 2.45) is 0 Å². The van der Waals surface area contributed by atoms with Crippen LogP contribution in [0.15, 0.2) is 42.5 Å². The standard InChI is InChI=1S/C20H20Cl2N2O4/c1-3-20(13-7-9-14(27-2)10-8-13)18(25)24(19(26)23-20)11-12-28-17-15(21)5-4-6-16(17)22/h4-10H,3,11-12H2,1-2H3,(H,23,26). The molecule has 1 saturated heterocycles. The molecule has 0 saturated carbocycles. The van der Waals surface area contributed by atoms with Crippen molar-refractivity contribution in [3.63, 3.8) is 0 Å². The minimum Gasteiger partial charge on any atom is -0.497 e. The lowest BCUT2D eigenvalue weighted by Crippen LogP contribution is -2.43. The number of hydrogen-bond donors (Lipinski definition) is 1. The molecule has 28 heavy (non-hydrogen) atoms. The van der Waals surface area contributed by atoms with Crippen LogP contribution in [0.25, 0.3) is 0 Å². The topological polar surface area (TPSA) is 67.9 Å². The molecule has 1 aliphatic rings. The predicted octanol–water partition coefficient (Wildman–Crippen LogP) is 4.24. The Morgan fingerprint density at radius 3 is 2.29 bits per heavy atom. The average Bonchev–Trinajstić information content (AvgIpc) is 2.95. The third-order valence-electron chi connectivity index (χ3n) is 4.77. The number of para-hydroxylation sites is 1. The molecule has 1 heterocycles. The van der Waals surface area contributed by atoms with E-state index in [9.17, 15) is 9.59 Å². The monoisotopic (exact) mass is 422 g/mol. The van der Waals surface area contributed by atoms with Crippen molar-refractivity contribution in [1.82, 2.24) is 10.2 Å². The number of carbonyl (C=O) groups is 2. The Kier molecular flexibility index (Phi) is 6.01. The summed E-state index contributed by atoms with van der Waals surface area (Å²) in [6.45, 7) is 2.00. The van der Waals surface area contributed by atoms with Crippen molar-refractivity contribution in [3.05, 3.63) is 58.1 Å². The lowest BCUT2D eigenvalue weighted by atomic mass is 9.87. The molecule has 0 aromatic heterocycles. The number of nitrogens with zero attached hydrogens (tertiary/aromatic N) is 1. The zero-order valence-corrected chi connectivity index (χ0v) is 17.0. The van der Waals surface area contributed by atoms with Crippen molar-refractivity contribution >= 4 is 35.1 Å². The first-order valence-corrected chi connectivity index (χ1v) is 9.54. The average molecular weight is 423 g/mol. The van der Waals surface area contributed by atoms with Gasteiger partial charge < -0.3 is 14.8 Å². The van der Waals surface area contributed by atoms with E-state index in [2.05, 4.69) is 5.32 Å². The van der Waals surface area contributed by atoms with Crippen LogP contribution in [0.1, 0.15) is 18.9 Å². The third-order valence-corrected chi connectivity index (χ3v) is 5.36. The normalized spacial score (nSPS) is 18.9. The highest BCUT2D eigenvalue weighted by Gasteiger charge is 2.51. The molecule has 148 valence electrons. The van der Waals surface area contributed by atoms with Gasteiger partial charge in [0.1, 0.15) is 17.9 Å². The first-order valence-electron chi connectivity index (χ1n) is 8.78. The second-order valence-corrected chi connectivity index (χ2v) is 7.09. The van der Waals surface area contributed by atoms with E-state index in [0.29, 0.717) is 33.5 Å². The largest absolute Gasteiger partial charge is 0.497 e. The van der Waals surface area contributed by atoms with Gasteiger partial charge in [0.15, 0.2) is 5.75 Å². The number of hydrogen-bond acceptors (Lipinski definition) is 4. The summed E-state index contributed by atoms with van der Waals surface area (Å²) >= 11 is 12.2. The van der Waals surface area contributed by atoms with Gasteiger partial charge >= 0.3 is 6.03 Å². The lowest BCUT2D eigenvalue weighted by Gasteiger charge is -2.26. The molecule has 2 aromatic carbocycles. The summed E-state index contributed by atoms with van der Waals surface area (Å²) < 4.78 is 10.8. The first kappa shape index (κ1) is 20.3. The number of carbonyl (C=O) groups excluding carboxylic acids is 2. The summed E-state index contributed by atoms with van der Waals surface area (Å²) in [5.74, 6) is 0.683. The van der Waals surface area contributed by atoms with E-state index >= 15 is 0 Å². The third kappa shape index (κ3) is 3.62. The molecule has 1 unspecified atom stereocenters. The fourth-order valence-corrected chi connectivity index (χ4v) is 3.71. The van der Waals surface area contributed by atoms with E-state index in [1.54, 1.807) is 49.6 Å². The summed E-state index contributed by atoms with van der Waals surface area (Å²) in [6.07, 6.45) is 0.414. The molecule has 3 amide bonds. The summed E-state index contributed by atoms with van der Waals surface area (Å²) in [5, 5.41) is 3.56. The highest BCUT2D eigenvalue weighted by molar-refractivity contribution is 6.37. The number of benzene rings is 2. The van der Waals surface area contributed by atoms with E-state index in [-0.39, 0.29) is 19.1 Å². The molecule has 0 radical (unpaired) electrons. The van der Waals surface area contributed by atoms with Gasteiger partial charge in [-0.1, -0.05) is 48.3 Å². The number of rotatable bonds is 7. The highest BCUT2D eigenvalue weighted by atomic mass is 35.5. The molecule has 0 aliphatic carbocycles. The van der Waals surface area contributed by atoms with Crippen LogP contribution in [0.2, 0.25) is 10.0 Å². The summed E-state index contributed by atoms with van der Waals surface area (Å²) in [6, 6.07) is 11.6. The molecule has 1 aliphatic heterocycles. The van der Waals surface area contributed by atoms with Crippen molar-refractivity contribution in [2.75, 3.05) is 20.3 Å². The van der Waals surface area contributed by atoms with Gasteiger partial charge in [0, 0.05) is 0 Å². The van der Waals surface area contributed by atoms with Gasteiger partial charge in [0.2, 0.25) is 0 Å². The van der Waals surface area contributed by atoms with E-state index < -0.39 is 11.6 Å². The molecule has 1 atom stereocenters. The van der Waals surface area contributed by atoms with Crippen LogP contribution in [0.3, 0.4) is 0 Å². The predicted molar refractivity (Wildman–Crippen MR) is 107 cm³/mol. The number of ether oxygens (including phenoxy) is 2. The molecule has 1 N–H and O–H groups in total. The Bertz CT molecular complexity index is 868. The Hall–Kier alpha value is -2.44. The fraction of sp³-hybridized carbons (Fsp3) is 0.300. The number of methoxy groups -OCH3 is 1. The van der Waals surface area contributed by atoms with E-state index in [0.717, 1.165) is 4.90 Å². The lowest BCUT2D eigenvalue weighted by molar-refractivity contribution is -0.132. The number of halogens is 2. The van der Waals surface area contributed by atoms with Crippen molar-refractivity contribution in [3.8, 4) is 11.5 Å². The molecule has 3 rings (SSSR count). The van der Waals surface area contributed by atoms with Gasteiger partial charge in [-0.2, -0.15) is 0 Å². The van der Waals surface area contributed by atoms with E-state index in [1.807, 2.05) is 6.92 Å². The van der Waals surface area contributed by atoms with E-state index in [1.165, 1.54) is 0 Å². The number of urea groups is 1. The van der Waals surface area contributed by atoms with Crippen LogP contribution >= 0.6 is 23.2 Å². The van der Waals surface area contributed by atoms with Crippen molar-refractivity contribution in [1.29, 1.82) is 0 Å². The second kappa shape index (κ2) is 8.29. The van der Waals surface area contributed by atoms with Crippen LogP contribution in [0.5, 0.6) is 11.5 Å². The maximum Gasteiger partial charge on any atom is 0.325 e. The minimum atomic E-state index is -1.11. The quantitative estimate of drug-likeness (QED) is 0.677. The maximum atomic E-state index is 13.1. The second-order valence-electron chi connectivity index (χ2n) is 6.27. The number of nitrogens with one attached hydrogen (secondary N) is 1. The summed E-state index contributed by atoms with van der Waals surface area (Å²) in [4.78, 5) is 26.7. The zero-order valence-electron chi connectivity index (χ0n) is 15.5. The molecule has 6 nitrogen and oxygen atoms in total. The highest BCUT2D eigenvalue weighted by Crippen LogP contribution is 2.34. The van der Waals surface area contributed by atoms with Crippen LogP contribution in [0, 0.1) is 0 Å². The SMILES string of the molecule is CCC1(c2ccc(OC)cc2)NC(=O)N(CCOc2c(Cl)cccc2Cl)C1=O. The number of amides is 3. The van der Waals surface area contributed by atoms with Gasteiger partial charge in [-0.15, -0.1) is 0 Å². The Morgan fingerprint density at radius 2 is 1.71 bits per heavy atom. The molecule has 0 spiro atoms. The van der Waals surface area contributed by atoms with Gasteiger partial charge in [-0.3, -0.25) is 9.69 Å². The molecular weight excluding hydrogens is 403 g/mol. The van der Waals surface area contributed by atoms with Crippen LogP contribution < -0.4 is 14.8 Å². The van der Waals surface area contributed by atoms with Gasteiger partial charge in [-0.25, -0.2) is 4.79 Å². The molecular formula is C20H20Cl2N2O4. The van der Waals surface area contributed by atoms with Crippen molar-refractivity contribution in [2.45, 2.75) is 18.9 Å². The molecule has 2 aromatic rings. The molecule has 8 heteroatoms. The van der Waals surface area contributed by atoms with E-state index in [4.69, 9.17) is 32.7 Å². The fourth-order valence-electron chi connectivity index (χ4n) is 3.20. The Morgan fingerprint density at radius 1 is 1.07 bits per heavy atom. The van der Waals surface area contributed by atoms with Gasteiger partial charge in [0.05, 0.1) is 23.7 Å². The molecule has 0 bridgehead atoms. The van der Waals surface area contributed by atoms with Crippen LogP contribution in [-0.2, 0) is 10.3 Å². The first-order chi connectivity index (χ1) is 13.4.